The number of amides is 1. The van der Waals surface area contributed by atoms with Gasteiger partial charge in [-0.05, 0) is 62.0 Å². The van der Waals surface area contributed by atoms with E-state index in [1.807, 2.05) is 11.0 Å². The molecule has 132 valence electrons. The second-order valence-electron chi connectivity index (χ2n) is 6.58. The number of hydrogen-bond acceptors (Lipinski definition) is 4. The van der Waals surface area contributed by atoms with Gasteiger partial charge in [0.2, 0.25) is 15.9 Å². The van der Waals surface area contributed by atoms with Crippen LogP contribution in [0, 0.1) is 0 Å². The van der Waals surface area contributed by atoms with Crippen molar-refractivity contribution in [3.8, 4) is 0 Å². The summed E-state index contributed by atoms with van der Waals surface area (Å²) < 4.78 is 28.1. The Balaban J connectivity index is 1.77. The van der Waals surface area contributed by atoms with Crippen molar-refractivity contribution < 1.29 is 13.2 Å². The maximum absolute atomic E-state index is 12.6. The van der Waals surface area contributed by atoms with Gasteiger partial charge in [-0.3, -0.25) is 4.79 Å². The van der Waals surface area contributed by atoms with E-state index in [2.05, 4.69) is 10.0 Å². The average molecular weight is 351 g/mol. The zero-order chi connectivity index (χ0) is 17.2. The number of hydrogen-bond donors (Lipinski definition) is 2. The van der Waals surface area contributed by atoms with E-state index in [0.29, 0.717) is 24.4 Å². The SMILES string of the molecule is CC(=O)N1CCc2ccc(S(=O)(=O)NC3CCNCC3)cc2CC1. The summed E-state index contributed by atoms with van der Waals surface area (Å²) in [5.74, 6) is 0.0724. The monoisotopic (exact) mass is 351 g/mol. The number of carbonyl (C=O) groups is 1. The van der Waals surface area contributed by atoms with Gasteiger partial charge in [0.05, 0.1) is 4.90 Å². The van der Waals surface area contributed by atoms with Crippen LogP contribution >= 0.6 is 0 Å². The number of fused-ring (bicyclic) bond motifs is 1. The molecule has 0 saturated carbocycles. The van der Waals surface area contributed by atoms with Crippen molar-refractivity contribution >= 4 is 15.9 Å². The van der Waals surface area contributed by atoms with Crippen LogP contribution in [0.5, 0.6) is 0 Å². The number of sulfonamides is 1. The van der Waals surface area contributed by atoms with Crippen LogP contribution in [0.3, 0.4) is 0 Å². The van der Waals surface area contributed by atoms with E-state index in [1.165, 1.54) is 0 Å². The standard InChI is InChI=1S/C17H25N3O3S/c1-13(21)20-10-6-14-2-3-17(12-15(14)7-11-20)24(22,23)19-16-4-8-18-9-5-16/h2-3,12,16,18-19H,4-11H2,1H3. The largest absolute Gasteiger partial charge is 0.342 e. The number of rotatable bonds is 3. The third kappa shape index (κ3) is 3.96. The Kier molecular flexibility index (Phi) is 5.22. The zero-order valence-corrected chi connectivity index (χ0v) is 14.9. The third-order valence-corrected chi connectivity index (χ3v) is 6.41. The summed E-state index contributed by atoms with van der Waals surface area (Å²) in [6.45, 7) is 4.61. The van der Waals surface area contributed by atoms with E-state index in [1.54, 1.807) is 19.1 Å². The van der Waals surface area contributed by atoms with Crippen molar-refractivity contribution in [3.63, 3.8) is 0 Å². The second kappa shape index (κ2) is 7.21. The van der Waals surface area contributed by atoms with Crippen LogP contribution in [-0.4, -0.2) is 51.4 Å². The molecule has 1 aromatic carbocycles. The highest BCUT2D eigenvalue weighted by Crippen LogP contribution is 2.21. The third-order valence-electron chi connectivity index (χ3n) is 4.90. The van der Waals surface area contributed by atoms with Gasteiger partial charge in [0.1, 0.15) is 0 Å². The highest BCUT2D eigenvalue weighted by Gasteiger charge is 2.23. The molecule has 2 heterocycles. The molecular formula is C17H25N3O3S. The van der Waals surface area contributed by atoms with Crippen LogP contribution in [0.1, 0.15) is 30.9 Å². The normalized spacial score (nSPS) is 19.6. The highest BCUT2D eigenvalue weighted by molar-refractivity contribution is 7.89. The minimum atomic E-state index is -3.49. The van der Waals surface area contributed by atoms with Gasteiger partial charge < -0.3 is 10.2 Å². The zero-order valence-electron chi connectivity index (χ0n) is 14.0. The summed E-state index contributed by atoms with van der Waals surface area (Å²) in [7, 11) is -3.49. The lowest BCUT2D eigenvalue weighted by Crippen LogP contribution is -2.42. The lowest BCUT2D eigenvalue weighted by molar-refractivity contribution is -0.128. The number of nitrogens with one attached hydrogen (secondary N) is 2. The first kappa shape index (κ1) is 17.4. The average Bonchev–Trinajstić information content (AvgIpc) is 2.77. The molecule has 1 saturated heterocycles. The lowest BCUT2D eigenvalue weighted by atomic mass is 10.0. The fraction of sp³-hybridized carbons (Fsp3) is 0.588. The molecule has 0 aromatic heterocycles. The van der Waals surface area contributed by atoms with Crippen molar-refractivity contribution in [1.82, 2.24) is 14.9 Å². The summed E-state index contributed by atoms with van der Waals surface area (Å²) >= 11 is 0. The topological polar surface area (TPSA) is 78.5 Å². The summed E-state index contributed by atoms with van der Waals surface area (Å²) in [5.41, 5.74) is 2.17. The summed E-state index contributed by atoms with van der Waals surface area (Å²) in [5, 5.41) is 3.23. The Morgan fingerprint density at radius 3 is 2.50 bits per heavy atom. The predicted octanol–water partition coefficient (Wildman–Crippen LogP) is 0.664. The number of nitrogens with zero attached hydrogens (tertiary/aromatic N) is 1. The van der Waals surface area contributed by atoms with E-state index in [0.717, 1.165) is 43.5 Å². The lowest BCUT2D eigenvalue weighted by Gasteiger charge is -2.23. The number of piperidine rings is 1. The van der Waals surface area contributed by atoms with Crippen LogP contribution in [0.4, 0.5) is 0 Å². The molecule has 0 aliphatic carbocycles. The summed E-state index contributed by atoms with van der Waals surface area (Å²) in [4.78, 5) is 13.7. The highest BCUT2D eigenvalue weighted by atomic mass is 32.2. The molecule has 1 fully saturated rings. The van der Waals surface area contributed by atoms with Gasteiger partial charge in [-0.1, -0.05) is 6.07 Å². The summed E-state index contributed by atoms with van der Waals surface area (Å²) in [6, 6.07) is 5.37. The van der Waals surface area contributed by atoms with Crippen molar-refractivity contribution in [3.05, 3.63) is 29.3 Å². The Bertz CT molecular complexity index is 712. The van der Waals surface area contributed by atoms with Gasteiger partial charge >= 0.3 is 0 Å². The van der Waals surface area contributed by atoms with E-state index in [-0.39, 0.29) is 11.9 Å². The maximum Gasteiger partial charge on any atom is 0.240 e. The molecule has 0 unspecified atom stereocenters. The first-order valence-electron chi connectivity index (χ1n) is 8.56. The molecule has 3 rings (SSSR count). The molecule has 0 atom stereocenters. The first-order valence-corrected chi connectivity index (χ1v) is 10.0. The quantitative estimate of drug-likeness (QED) is 0.839. The molecule has 7 heteroatoms. The molecular weight excluding hydrogens is 326 g/mol. The second-order valence-corrected chi connectivity index (χ2v) is 8.30. The van der Waals surface area contributed by atoms with Gasteiger partial charge in [0.15, 0.2) is 0 Å². The molecule has 6 nitrogen and oxygen atoms in total. The van der Waals surface area contributed by atoms with Crippen LogP contribution in [0.15, 0.2) is 23.1 Å². The molecule has 0 bridgehead atoms. The van der Waals surface area contributed by atoms with Crippen molar-refractivity contribution in [2.75, 3.05) is 26.2 Å². The van der Waals surface area contributed by atoms with E-state index in [9.17, 15) is 13.2 Å². The van der Waals surface area contributed by atoms with E-state index in [4.69, 9.17) is 0 Å². The van der Waals surface area contributed by atoms with Crippen LogP contribution in [-0.2, 0) is 27.7 Å². The Morgan fingerprint density at radius 2 is 1.83 bits per heavy atom. The molecule has 24 heavy (non-hydrogen) atoms. The van der Waals surface area contributed by atoms with E-state index < -0.39 is 10.0 Å². The molecule has 2 aliphatic rings. The van der Waals surface area contributed by atoms with Gasteiger partial charge in [-0.2, -0.15) is 0 Å². The Hall–Kier alpha value is -1.44. The molecule has 0 radical (unpaired) electrons. The minimum Gasteiger partial charge on any atom is -0.342 e. The van der Waals surface area contributed by atoms with E-state index >= 15 is 0 Å². The van der Waals surface area contributed by atoms with Gasteiger partial charge in [0.25, 0.3) is 0 Å². The molecule has 2 aliphatic heterocycles. The molecule has 1 aromatic rings. The smallest absolute Gasteiger partial charge is 0.240 e. The fourth-order valence-corrected chi connectivity index (χ4v) is 4.77. The predicted molar refractivity (Wildman–Crippen MR) is 92.3 cm³/mol. The number of benzene rings is 1. The number of carbonyl (C=O) groups excluding carboxylic acids is 1. The Morgan fingerprint density at radius 1 is 1.17 bits per heavy atom. The fourth-order valence-electron chi connectivity index (χ4n) is 3.41. The van der Waals surface area contributed by atoms with Crippen LogP contribution < -0.4 is 10.0 Å². The molecule has 2 N–H and O–H groups in total. The van der Waals surface area contributed by atoms with Gasteiger partial charge in [-0.25, -0.2) is 13.1 Å². The molecule has 0 spiro atoms. The maximum atomic E-state index is 12.6. The van der Waals surface area contributed by atoms with Crippen LogP contribution in [0.25, 0.3) is 0 Å². The van der Waals surface area contributed by atoms with Crippen molar-refractivity contribution in [2.24, 2.45) is 0 Å². The summed E-state index contributed by atoms with van der Waals surface area (Å²) in [6.07, 6.45) is 3.11. The Labute approximate surface area is 143 Å². The molecule has 1 amide bonds. The van der Waals surface area contributed by atoms with Crippen LogP contribution in [0.2, 0.25) is 0 Å². The van der Waals surface area contributed by atoms with Crippen molar-refractivity contribution in [2.45, 2.75) is 43.5 Å². The van der Waals surface area contributed by atoms with Crippen molar-refractivity contribution in [1.29, 1.82) is 0 Å². The van der Waals surface area contributed by atoms with Gasteiger partial charge in [-0.15, -0.1) is 0 Å². The minimum absolute atomic E-state index is 0.00302. The van der Waals surface area contributed by atoms with Gasteiger partial charge in [0, 0.05) is 26.1 Å². The first-order chi connectivity index (χ1) is 11.5.